The first kappa shape index (κ1) is 11.5. The van der Waals surface area contributed by atoms with Crippen molar-refractivity contribution >= 4 is 55.4 Å². The Hall–Kier alpha value is -0.540. The van der Waals surface area contributed by atoms with Gasteiger partial charge in [-0.15, -0.1) is 34.0 Å². The number of hydrogen-bond acceptors (Lipinski definition) is 3. The monoisotopic (exact) mass is 299 g/mol. The molecule has 0 aliphatic rings. The zero-order valence-corrected chi connectivity index (χ0v) is 12.1. The molecule has 0 unspecified atom stereocenters. The van der Waals surface area contributed by atoms with E-state index in [9.17, 15) is 0 Å². The molecule has 0 N–H and O–H groups in total. The van der Waals surface area contributed by atoms with Gasteiger partial charge in [-0.3, -0.25) is 0 Å². The predicted octanol–water partition coefficient (Wildman–Crippen LogP) is 4.05. The molecule has 17 heavy (non-hydrogen) atoms. The Morgan fingerprint density at radius 2 is 1.06 bits per heavy atom. The van der Waals surface area contributed by atoms with Gasteiger partial charge in [-0.1, -0.05) is 0 Å². The fourth-order valence-corrected chi connectivity index (χ4v) is 9.13. The molecule has 0 saturated heterocycles. The summed E-state index contributed by atoms with van der Waals surface area (Å²) in [5, 5.41) is 5.85. The highest BCUT2D eigenvalue weighted by molar-refractivity contribution is 8.00. The molecular weight excluding hydrogens is 290 g/mol. The Balaban J connectivity index is 2.21. The molecule has 0 aliphatic carbocycles. The van der Waals surface area contributed by atoms with Crippen molar-refractivity contribution in [3.63, 3.8) is 0 Å². The summed E-state index contributed by atoms with van der Waals surface area (Å²) in [7, 11) is -2.83. The van der Waals surface area contributed by atoms with Crippen LogP contribution in [0.2, 0.25) is 0 Å². The van der Waals surface area contributed by atoms with Crippen molar-refractivity contribution in [1.29, 1.82) is 0 Å². The Kier molecular flexibility index (Phi) is 3.14. The lowest BCUT2D eigenvalue weighted by molar-refractivity contribution is 0.905. The average Bonchev–Trinajstić information content (AvgIpc) is 3.10. The molecular formula is C12H9FPS3+. The quantitative estimate of drug-likeness (QED) is 0.640. The van der Waals surface area contributed by atoms with Gasteiger partial charge in [0, 0.05) is 0 Å². The highest BCUT2D eigenvalue weighted by atomic mass is 32.1. The fourth-order valence-electron chi connectivity index (χ4n) is 1.66. The van der Waals surface area contributed by atoms with Gasteiger partial charge in [0.25, 0.3) is 0 Å². The van der Waals surface area contributed by atoms with E-state index in [0.717, 1.165) is 13.9 Å². The van der Waals surface area contributed by atoms with Crippen LogP contribution in [0.1, 0.15) is 0 Å². The van der Waals surface area contributed by atoms with Crippen LogP contribution in [0, 0.1) is 0 Å². The van der Waals surface area contributed by atoms with E-state index in [-0.39, 0.29) is 0 Å². The summed E-state index contributed by atoms with van der Waals surface area (Å²) in [6.45, 7) is 0. The van der Waals surface area contributed by atoms with Gasteiger partial charge in [0.15, 0.2) is 13.9 Å². The van der Waals surface area contributed by atoms with Crippen molar-refractivity contribution in [3.8, 4) is 0 Å². The van der Waals surface area contributed by atoms with Gasteiger partial charge in [-0.2, -0.15) is 0 Å². The van der Waals surface area contributed by atoms with E-state index < -0.39 is 7.57 Å². The van der Waals surface area contributed by atoms with Gasteiger partial charge in [0.05, 0.1) is 0 Å². The third kappa shape index (κ3) is 1.89. The van der Waals surface area contributed by atoms with Crippen LogP contribution < -0.4 is 13.9 Å². The number of halogens is 1. The molecule has 0 aliphatic heterocycles. The highest BCUT2D eigenvalue weighted by Crippen LogP contribution is 2.59. The molecule has 0 fully saturated rings. The van der Waals surface area contributed by atoms with Gasteiger partial charge < -0.3 is 0 Å². The summed E-state index contributed by atoms with van der Waals surface area (Å²) >= 11 is 4.54. The molecule has 0 radical (unpaired) electrons. The van der Waals surface area contributed by atoms with E-state index in [0.29, 0.717) is 0 Å². The molecule has 0 nitrogen and oxygen atoms in total. The van der Waals surface area contributed by atoms with Crippen LogP contribution in [-0.4, -0.2) is 0 Å². The third-order valence-corrected chi connectivity index (χ3v) is 9.92. The zero-order chi connectivity index (χ0) is 11.7. The van der Waals surface area contributed by atoms with Gasteiger partial charge in [-0.25, -0.2) is 0 Å². The second kappa shape index (κ2) is 4.62. The van der Waals surface area contributed by atoms with Crippen LogP contribution in [-0.2, 0) is 0 Å². The number of hydrogen-bond donors (Lipinski definition) is 0. The molecule has 0 saturated carbocycles. The van der Waals surface area contributed by atoms with Gasteiger partial charge >= 0.3 is 7.57 Å². The number of rotatable bonds is 3. The van der Waals surface area contributed by atoms with Crippen molar-refractivity contribution in [2.45, 2.75) is 0 Å². The molecule has 0 amide bonds. The first-order chi connectivity index (χ1) is 8.32. The molecule has 3 rings (SSSR count). The maximum absolute atomic E-state index is 15.6. The van der Waals surface area contributed by atoms with Crippen molar-refractivity contribution < 1.29 is 4.20 Å². The molecule has 3 aromatic heterocycles. The minimum absolute atomic E-state index is 0.863. The molecule has 5 heteroatoms. The van der Waals surface area contributed by atoms with Crippen LogP contribution in [0.5, 0.6) is 0 Å². The van der Waals surface area contributed by atoms with E-state index in [1.807, 2.05) is 52.5 Å². The van der Waals surface area contributed by atoms with Crippen LogP contribution in [0.4, 0.5) is 4.20 Å². The first-order valence-corrected chi connectivity index (χ1v) is 9.34. The standard InChI is InChI=1S/C12H9FPS3/c13-14(10-4-1-7-15-10,11-5-2-8-16-11)12-6-3-9-17-12/h1-9H/q+1. The molecule has 3 aromatic rings. The van der Waals surface area contributed by atoms with E-state index in [4.69, 9.17) is 0 Å². The Bertz CT molecular complexity index is 485. The van der Waals surface area contributed by atoms with Crippen LogP contribution in [0.15, 0.2) is 52.5 Å². The van der Waals surface area contributed by atoms with Crippen molar-refractivity contribution in [2.75, 3.05) is 0 Å². The minimum atomic E-state index is -2.83. The van der Waals surface area contributed by atoms with Crippen LogP contribution in [0.3, 0.4) is 0 Å². The van der Waals surface area contributed by atoms with E-state index in [2.05, 4.69) is 0 Å². The number of thiophene rings is 3. The molecule has 0 aromatic carbocycles. The van der Waals surface area contributed by atoms with Gasteiger partial charge in [0.1, 0.15) is 0 Å². The van der Waals surface area contributed by atoms with Gasteiger partial charge in [0.2, 0.25) is 0 Å². The lowest BCUT2D eigenvalue weighted by atomic mass is 10.7. The summed E-state index contributed by atoms with van der Waals surface area (Å²) in [4.78, 5) is 0. The molecule has 86 valence electrons. The molecule has 0 spiro atoms. The minimum Gasteiger partial charge on any atom is -0.104 e. The molecule has 0 bridgehead atoms. The van der Waals surface area contributed by atoms with E-state index in [1.54, 1.807) is 0 Å². The summed E-state index contributed by atoms with van der Waals surface area (Å²) in [5.74, 6) is 0. The highest BCUT2D eigenvalue weighted by Gasteiger charge is 2.51. The third-order valence-electron chi connectivity index (χ3n) is 2.43. The Morgan fingerprint density at radius 3 is 1.29 bits per heavy atom. The van der Waals surface area contributed by atoms with Crippen LogP contribution in [0.25, 0.3) is 0 Å². The maximum atomic E-state index is 15.6. The van der Waals surface area contributed by atoms with E-state index >= 15 is 4.20 Å². The smallest absolute Gasteiger partial charge is 0.104 e. The lowest BCUT2D eigenvalue weighted by Crippen LogP contribution is -2.22. The average molecular weight is 299 g/mol. The summed E-state index contributed by atoms with van der Waals surface area (Å²) in [6.07, 6.45) is 0. The Morgan fingerprint density at radius 1 is 0.706 bits per heavy atom. The Labute approximate surface area is 112 Å². The topological polar surface area (TPSA) is 0 Å². The van der Waals surface area contributed by atoms with E-state index in [1.165, 1.54) is 34.0 Å². The second-order valence-electron chi connectivity index (χ2n) is 3.44. The van der Waals surface area contributed by atoms with Gasteiger partial charge in [-0.05, 0) is 56.7 Å². The zero-order valence-electron chi connectivity index (χ0n) is 8.75. The SMILES string of the molecule is F[P+](c1cccs1)(c1cccs1)c1cccs1. The second-order valence-corrected chi connectivity index (χ2v) is 9.82. The van der Waals surface area contributed by atoms with Crippen molar-refractivity contribution in [1.82, 2.24) is 0 Å². The largest absolute Gasteiger partial charge is 0.329 e. The molecule has 3 heterocycles. The normalized spacial score (nSPS) is 11.8. The lowest BCUT2D eigenvalue weighted by Gasteiger charge is -2.09. The summed E-state index contributed by atoms with van der Waals surface area (Å²) in [5.41, 5.74) is 0. The van der Waals surface area contributed by atoms with Crippen molar-refractivity contribution in [3.05, 3.63) is 52.5 Å². The predicted molar refractivity (Wildman–Crippen MR) is 79.9 cm³/mol. The maximum Gasteiger partial charge on any atom is 0.329 e. The van der Waals surface area contributed by atoms with Crippen LogP contribution >= 0.6 is 41.6 Å². The molecule has 0 atom stereocenters. The fraction of sp³-hybridized carbons (Fsp3) is 0. The summed E-state index contributed by atoms with van der Waals surface area (Å²) in [6, 6.07) is 11.5. The van der Waals surface area contributed by atoms with Crippen molar-refractivity contribution in [2.24, 2.45) is 0 Å². The summed E-state index contributed by atoms with van der Waals surface area (Å²) < 4.78 is 18.2. The first-order valence-electron chi connectivity index (χ1n) is 5.03.